The van der Waals surface area contributed by atoms with Crippen molar-refractivity contribution < 1.29 is 17.6 Å². The summed E-state index contributed by atoms with van der Waals surface area (Å²) in [5.74, 6) is -0.627. The highest BCUT2D eigenvalue weighted by Crippen LogP contribution is 2.20. The zero-order valence-electron chi connectivity index (χ0n) is 12.1. The van der Waals surface area contributed by atoms with Crippen molar-refractivity contribution in [3.63, 3.8) is 0 Å². The van der Waals surface area contributed by atoms with Gasteiger partial charge in [-0.1, -0.05) is 0 Å². The van der Waals surface area contributed by atoms with Gasteiger partial charge in [-0.05, 0) is 26.0 Å². The lowest BCUT2D eigenvalue weighted by Crippen LogP contribution is -2.21. The third kappa shape index (κ3) is 2.83. The number of hydrogen-bond acceptors (Lipinski definition) is 5. The van der Waals surface area contributed by atoms with Crippen LogP contribution < -0.4 is 5.32 Å². The molecular weight excluding hydrogens is 296 g/mol. The van der Waals surface area contributed by atoms with Gasteiger partial charge in [0.05, 0.1) is 17.1 Å². The highest BCUT2D eigenvalue weighted by atomic mass is 32.2. The summed E-state index contributed by atoms with van der Waals surface area (Å²) in [4.78, 5) is 12.1. The maximum Gasteiger partial charge on any atom is 0.291 e. The van der Waals surface area contributed by atoms with Gasteiger partial charge in [0.25, 0.3) is 15.9 Å². The summed E-state index contributed by atoms with van der Waals surface area (Å²) < 4.78 is 29.9. The van der Waals surface area contributed by atoms with E-state index in [-0.39, 0.29) is 10.9 Å². The Balaban J connectivity index is 2.25. The molecule has 2 heterocycles. The predicted molar refractivity (Wildman–Crippen MR) is 75.6 cm³/mol. The summed E-state index contributed by atoms with van der Waals surface area (Å²) in [6.45, 7) is 3.50. The average molecular weight is 312 g/mol. The Hall–Kier alpha value is -2.13. The summed E-state index contributed by atoms with van der Waals surface area (Å²) in [6.07, 6.45) is 0. The van der Waals surface area contributed by atoms with Crippen molar-refractivity contribution in [2.45, 2.75) is 18.9 Å². The Labute approximate surface area is 122 Å². The second-order valence-corrected chi connectivity index (χ2v) is 6.75. The molecule has 2 N–H and O–H groups in total. The molecule has 0 spiro atoms. The van der Waals surface area contributed by atoms with Crippen molar-refractivity contribution in [1.82, 2.24) is 14.5 Å². The van der Waals surface area contributed by atoms with E-state index in [2.05, 4.69) is 15.5 Å². The number of aromatic nitrogens is 2. The molecule has 0 atom stereocenters. The molecule has 2 aromatic rings. The van der Waals surface area contributed by atoms with E-state index >= 15 is 0 Å². The number of nitrogens with zero attached hydrogens (tertiary/aromatic N) is 2. The summed E-state index contributed by atoms with van der Waals surface area (Å²) in [6, 6.07) is 2.57. The third-order valence-corrected chi connectivity index (χ3v) is 4.60. The fourth-order valence-corrected chi connectivity index (χ4v) is 2.47. The van der Waals surface area contributed by atoms with Crippen LogP contribution in [0.3, 0.4) is 0 Å². The van der Waals surface area contributed by atoms with Gasteiger partial charge in [-0.2, -0.15) is 5.10 Å². The van der Waals surface area contributed by atoms with Crippen LogP contribution in [0.2, 0.25) is 0 Å². The molecule has 0 saturated carbocycles. The maximum absolute atomic E-state index is 12.1. The Kier molecular flexibility index (Phi) is 3.88. The number of H-pyrrole nitrogens is 1. The van der Waals surface area contributed by atoms with Crippen LogP contribution in [0.4, 0.5) is 5.69 Å². The predicted octanol–water partition coefficient (Wildman–Crippen LogP) is 1.12. The lowest BCUT2D eigenvalue weighted by atomic mass is 10.3. The molecule has 0 saturated heterocycles. The van der Waals surface area contributed by atoms with Gasteiger partial charge in [-0.25, -0.2) is 12.7 Å². The van der Waals surface area contributed by atoms with E-state index in [1.54, 1.807) is 13.8 Å². The molecule has 0 radical (unpaired) electrons. The third-order valence-electron chi connectivity index (χ3n) is 2.91. The van der Waals surface area contributed by atoms with E-state index in [0.717, 1.165) is 4.31 Å². The Morgan fingerprint density at radius 3 is 2.52 bits per heavy atom. The van der Waals surface area contributed by atoms with Crippen molar-refractivity contribution in [3.05, 3.63) is 29.3 Å². The number of carbonyl (C=O) groups is 1. The normalized spacial score (nSPS) is 11.9. The number of sulfonamides is 1. The van der Waals surface area contributed by atoms with Gasteiger partial charge >= 0.3 is 0 Å². The lowest BCUT2D eigenvalue weighted by molar-refractivity contribution is 0.0991. The van der Waals surface area contributed by atoms with E-state index in [0.29, 0.717) is 17.1 Å². The van der Waals surface area contributed by atoms with Crippen LogP contribution >= 0.6 is 0 Å². The first-order chi connectivity index (χ1) is 9.73. The fourth-order valence-electron chi connectivity index (χ4n) is 1.67. The molecule has 0 unspecified atom stereocenters. The number of amides is 1. The van der Waals surface area contributed by atoms with Gasteiger partial charge in [0.2, 0.25) is 5.09 Å². The molecule has 0 bridgehead atoms. The summed E-state index contributed by atoms with van der Waals surface area (Å²) in [7, 11) is -0.930. The van der Waals surface area contributed by atoms with Gasteiger partial charge in [0.15, 0.2) is 5.76 Å². The van der Waals surface area contributed by atoms with E-state index < -0.39 is 15.9 Å². The SMILES string of the molecule is Cc1n[nH]c(C)c1NC(=O)c1ccc(S(=O)(=O)N(C)C)o1. The van der Waals surface area contributed by atoms with Crippen LogP contribution in [0, 0.1) is 13.8 Å². The van der Waals surface area contributed by atoms with Crippen molar-refractivity contribution >= 4 is 21.6 Å². The van der Waals surface area contributed by atoms with Crippen LogP contribution in [0.15, 0.2) is 21.6 Å². The summed E-state index contributed by atoms with van der Waals surface area (Å²) >= 11 is 0. The molecule has 0 aliphatic rings. The molecule has 114 valence electrons. The van der Waals surface area contributed by atoms with Gasteiger partial charge in [0, 0.05) is 14.1 Å². The minimum atomic E-state index is -3.70. The first kappa shape index (κ1) is 15.3. The van der Waals surface area contributed by atoms with E-state index in [1.165, 1.54) is 26.2 Å². The molecule has 0 aliphatic carbocycles. The highest BCUT2D eigenvalue weighted by Gasteiger charge is 2.24. The number of anilines is 1. The second kappa shape index (κ2) is 5.34. The molecular formula is C12H16N4O4S. The fraction of sp³-hybridized carbons (Fsp3) is 0.333. The molecule has 2 rings (SSSR count). The number of carbonyl (C=O) groups excluding carboxylic acids is 1. The van der Waals surface area contributed by atoms with Crippen LogP contribution in [-0.4, -0.2) is 42.9 Å². The number of furan rings is 1. The zero-order valence-corrected chi connectivity index (χ0v) is 12.9. The van der Waals surface area contributed by atoms with Crippen molar-refractivity contribution in [2.24, 2.45) is 0 Å². The van der Waals surface area contributed by atoms with Crippen molar-refractivity contribution in [1.29, 1.82) is 0 Å². The Morgan fingerprint density at radius 1 is 1.33 bits per heavy atom. The zero-order chi connectivity index (χ0) is 15.8. The number of nitrogens with one attached hydrogen (secondary N) is 2. The summed E-state index contributed by atoms with van der Waals surface area (Å²) in [5, 5.41) is 9.05. The number of aromatic amines is 1. The van der Waals surface area contributed by atoms with Crippen molar-refractivity contribution in [2.75, 3.05) is 19.4 Å². The standard InChI is InChI=1S/C12H16N4O4S/c1-7-11(8(2)15-14-7)13-12(17)9-5-6-10(20-9)21(18,19)16(3)4/h5-6H,1-4H3,(H,13,17)(H,14,15). The topological polar surface area (TPSA) is 108 Å². The Bertz CT molecular complexity index is 754. The van der Waals surface area contributed by atoms with E-state index in [9.17, 15) is 13.2 Å². The Morgan fingerprint density at radius 2 is 2.00 bits per heavy atom. The van der Waals surface area contributed by atoms with Crippen LogP contribution in [0.1, 0.15) is 21.9 Å². The van der Waals surface area contributed by atoms with E-state index in [1.807, 2.05) is 0 Å². The van der Waals surface area contributed by atoms with Crippen molar-refractivity contribution in [3.8, 4) is 0 Å². The van der Waals surface area contributed by atoms with Gasteiger partial charge in [-0.15, -0.1) is 0 Å². The molecule has 0 fully saturated rings. The number of hydrogen-bond donors (Lipinski definition) is 2. The molecule has 0 aromatic carbocycles. The minimum Gasteiger partial charge on any atom is -0.438 e. The second-order valence-electron chi connectivity index (χ2n) is 4.67. The first-order valence-corrected chi connectivity index (χ1v) is 7.52. The monoisotopic (exact) mass is 312 g/mol. The average Bonchev–Trinajstić information content (AvgIpc) is 3.01. The minimum absolute atomic E-state index is 0.0876. The number of aryl methyl sites for hydroxylation is 2. The first-order valence-electron chi connectivity index (χ1n) is 6.08. The lowest BCUT2D eigenvalue weighted by Gasteiger charge is -2.07. The highest BCUT2D eigenvalue weighted by molar-refractivity contribution is 7.88. The van der Waals surface area contributed by atoms with Gasteiger partial charge in [-0.3, -0.25) is 9.89 Å². The largest absolute Gasteiger partial charge is 0.438 e. The smallest absolute Gasteiger partial charge is 0.291 e. The molecule has 8 nitrogen and oxygen atoms in total. The maximum atomic E-state index is 12.1. The molecule has 21 heavy (non-hydrogen) atoms. The molecule has 1 amide bonds. The molecule has 0 aliphatic heterocycles. The van der Waals surface area contributed by atoms with Crippen LogP contribution in [0.25, 0.3) is 0 Å². The van der Waals surface area contributed by atoms with Gasteiger partial charge in [0.1, 0.15) is 0 Å². The number of rotatable bonds is 4. The van der Waals surface area contributed by atoms with Crippen LogP contribution in [-0.2, 0) is 10.0 Å². The quantitative estimate of drug-likeness (QED) is 0.879. The van der Waals surface area contributed by atoms with Gasteiger partial charge < -0.3 is 9.73 Å². The van der Waals surface area contributed by atoms with Crippen LogP contribution in [0.5, 0.6) is 0 Å². The van der Waals surface area contributed by atoms with E-state index in [4.69, 9.17) is 4.42 Å². The summed E-state index contributed by atoms with van der Waals surface area (Å²) in [5.41, 5.74) is 1.88. The molecule has 2 aromatic heterocycles. The molecule has 9 heteroatoms.